The standard InChI is InChI=1S/C44H60N4O5/c1-6-53-40-29-32(21-22-35(40)44(51)52)41(42(49)45-36(27-30(2)3)33-17-9-11-19-38(33)47-23-13-7-14-24-47)43(50)46-37(28-31(4)5)34-18-10-12-20-39(34)48-25-15-8-16-26-48/h9-12,17-22,29-31,36-37,41H,6-8,13-16,23-28H2,1-5H3,(H,45,49)(H,46,50)(H,51,52)/t36-,37+,41?. The van der Waals surface area contributed by atoms with Crippen LogP contribution in [0.3, 0.4) is 0 Å². The molecule has 2 heterocycles. The van der Waals surface area contributed by atoms with Crippen molar-refractivity contribution in [2.75, 3.05) is 42.6 Å². The Hall–Kier alpha value is -4.53. The number of carbonyl (C=O) groups is 3. The van der Waals surface area contributed by atoms with Crippen LogP contribution in [0.5, 0.6) is 5.75 Å². The van der Waals surface area contributed by atoms with Crippen LogP contribution in [-0.2, 0) is 9.59 Å². The Morgan fingerprint density at radius 2 is 1.13 bits per heavy atom. The molecule has 2 aliphatic heterocycles. The lowest BCUT2D eigenvalue weighted by Gasteiger charge is -2.34. The second kappa shape index (κ2) is 19.0. The maximum absolute atomic E-state index is 14.8. The summed E-state index contributed by atoms with van der Waals surface area (Å²) in [5, 5.41) is 16.6. The predicted octanol–water partition coefficient (Wildman–Crippen LogP) is 8.65. The van der Waals surface area contributed by atoms with Crippen LogP contribution in [0.15, 0.2) is 66.7 Å². The van der Waals surface area contributed by atoms with Crippen LogP contribution in [0.4, 0.5) is 11.4 Å². The minimum atomic E-state index is -1.26. The first kappa shape index (κ1) is 39.7. The number of rotatable bonds is 16. The van der Waals surface area contributed by atoms with Crippen LogP contribution in [-0.4, -0.2) is 55.7 Å². The van der Waals surface area contributed by atoms with E-state index >= 15 is 0 Å². The number of ether oxygens (including phenoxy) is 1. The number of nitrogens with one attached hydrogen (secondary N) is 2. The lowest BCUT2D eigenvalue weighted by atomic mass is 9.90. The summed E-state index contributed by atoms with van der Waals surface area (Å²) in [6.45, 7) is 14.5. The molecule has 0 saturated carbocycles. The molecule has 0 aromatic heterocycles. The summed E-state index contributed by atoms with van der Waals surface area (Å²) < 4.78 is 5.77. The Balaban J connectivity index is 1.55. The van der Waals surface area contributed by atoms with Gasteiger partial charge < -0.3 is 30.3 Å². The van der Waals surface area contributed by atoms with E-state index in [-0.39, 0.29) is 41.8 Å². The number of carboxylic acids is 1. The second-order valence-electron chi connectivity index (χ2n) is 15.5. The smallest absolute Gasteiger partial charge is 0.339 e. The molecule has 1 unspecified atom stereocenters. The predicted molar refractivity (Wildman–Crippen MR) is 213 cm³/mol. The fourth-order valence-electron chi connectivity index (χ4n) is 7.98. The molecule has 0 bridgehead atoms. The average Bonchev–Trinajstić information content (AvgIpc) is 3.15. The Morgan fingerprint density at radius 3 is 1.55 bits per heavy atom. The van der Waals surface area contributed by atoms with Gasteiger partial charge in [-0.15, -0.1) is 0 Å². The van der Waals surface area contributed by atoms with Crippen LogP contribution >= 0.6 is 0 Å². The number of hydrogen-bond donors (Lipinski definition) is 3. The monoisotopic (exact) mass is 724 g/mol. The van der Waals surface area contributed by atoms with Crippen LogP contribution < -0.4 is 25.2 Å². The quantitative estimate of drug-likeness (QED) is 0.127. The highest BCUT2D eigenvalue weighted by Gasteiger charge is 2.35. The number of nitrogens with zero attached hydrogens (tertiary/aromatic N) is 2. The van der Waals surface area contributed by atoms with Gasteiger partial charge in [0, 0.05) is 37.6 Å². The van der Waals surface area contributed by atoms with Crippen molar-refractivity contribution in [1.29, 1.82) is 0 Å². The first-order chi connectivity index (χ1) is 25.6. The first-order valence-electron chi connectivity index (χ1n) is 19.9. The van der Waals surface area contributed by atoms with Gasteiger partial charge in [0.25, 0.3) is 0 Å². The highest BCUT2D eigenvalue weighted by Crippen LogP contribution is 2.36. The van der Waals surface area contributed by atoms with Crippen molar-refractivity contribution >= 4 is 29.2 Å². The topological polar surface area (TPSA) is 111 Å². The lowest BCUT2D eigenvalue weighted by Crippen LogP contribution is -2.43. The number of piperidine rings is 2. The second-order valence-corrected chi connectivity index (χ2v) is 15.5. The minimum absolute atomic E-state index is 0.0172. The third-order valence-corrected chi connectivity index (χ3v) is 10.5. The summed E-state index contributed by atoms with van der Waals surface area (Å²) in [5.74, 6) is -2.59. The van der Waals surface area contributed by atoms with E-state index in [1.165, 1.54) is 18.9 Å². The van der Waals surface area contributed by atoms with Gasteiger partial charge in [-0.05, 0) is 111 Å². The third kappa shape index (κ3) is 10.3. The third-order valence-electron chi connectivity index (χ3n) is 10.5. The van der Waals surface area contributed by atoms with E-state index in [2.05, 4.69) is 72.4 Å². The van der Waals surface area contributed by atoms with Gasteiger partial charge in [-0.25, -0.2) is 4.79 Å². The zero-order valence-corrected chi connectivity index (χ0v) is 32.4. The van der Waals surface area contributed by atoms with E-state index < -0.39 is 23.7 Å². The largest absolute Gasteiger partial charge is 0.493 e. The maximum atomic E-state index is 14.8. The van der Waals surface area contributed by atoms with Gasteiger partial charge in [0.2, 0.25) is 11.8 Å². The molecule has 0 aliphatic carbocycles. The fraction of sp³-hybridized carbons (Fsp3) is 0.523. The van der Waals surface area contributed by atoms with Gasteiger partial charge in [-0.1, -0.05) is 70.2 Å². The van der Waals surface area contributed by atoms with E-state index in [0.29, 0.717) is 18.4 Å². The molecule has 5 rings (SSSR count). The molecular weight excluding hydrogens is 665 g/mol. The number of carbonyl (C=O) groups excluding carboxylic acids is 2. The van der Waals surface area contributed by atoms with Gasteiger partial charge in [0.1, 0.15) is 17.2 Å². The molecule has 9 nitrogen and oxygen atoms in total. The number of para-hydroxylation sites is 2. The van der Waals surface area contributed by atoms with Crippen molar-refractivity contribution in [3.8, 4) is 5.75 Å². The summed E-state index contributed by atoms with van der Waals surface area (Å²) in [6, 6.07) is 20.5. The Labute approximate surface area is 316 Å². The lowest BCUT2D eigenvalue weighted by molar-refractivity contribution is -0.132. The number of hydrogen-bond acceptors (Lipinski definition) is 6. The van der Waals surface area contributed by atoms with Crippen LogP contribution in [0, 0.1) is 11.8 Å². The summed E-state index contributed by atoms with van der Waals surface area (Å²) in [6.07, 6.45) is 8.32. The first-order valence-corrected chi connectivity index (χ1v) is 19.9. The van der Waals surface area contributed by atoms with Crippen molar-refractivity contribution in [3.63, 3.8) is 0 Å². The molecule has 2 aliphatic rings. The van der Waals surface area contributed by atoms with Crippen LogP contribution in [0.2, 0.25) is 0 Å². The van der Waals surface area contributed by atoms with E-state index in [0.717, 1.165) is 74.4 Å². The van der Waals surface area contributed by atoms with Crippen LogP contribution in [0.1, 0.15) is 131 Å². The molecule has 3 atom stereocenters. The minimum Gasteiger partial charge on any atom is -0.493 e. The Morgan fingerprint density at radius 1 is 0.679 bits per heavy atom. The van der Waals surface area contributed by atoms with Gasteiger partial charge in [0.15, 0.2) is 0 Å². The molecule has 0 spiro atoms. The van der Waals surface area contributed by atoms with E-state index in [9.17, 15) is 19.5 Å². The number of amides is 2. The molecule has 0 radical (unpaired) electrons. The van der Waals surface area contributed by atoms with E-state index in [1.54, 1.807) is 19.1 Å². The molecule has 53 heavy (non-hydrogen) atoms. The number of aromatic carboxylic acids is 1. The highest BCUT2D eigenvalue weighted by atomic mass is 16.5. The molecule has 3 aromatic rings. The van der Waals surface area contributed by atoms with Gasteiger partial charge >= 0.3 is 5.97 Å². The van der Waals surface area contributed by atoms with Crippen LogP contribution in [0.25, 0.3) is 0 Å². The van der Waals surface area contributed by atoms with Gasteiger partial charge in [-0.3, -0.25) is 9.59 Å². The number of anilines is 2. The number of benzene rings is 3. The molecule has 2 saturated heterocycles. The summed E-state index contributed by atoms with van der Waals surface area (Å²) >= 11 is 0. The molecule has 2 amide bonds. The summed E-state index contributed by atoms with van der Waals surface area (Å²) in [5.41, 5.74) is 4.69. The van der Waals surface area contributed by atoms with Crippen molar-refractivity contribution in [2.45, 2.75) is 104 Å². The number of carboxylic acid groups (broad SMARTS) is 1. The Kier molecular flexibility index (Phi) is 14.2. The van der Waals surface area contributed by atoms with Crippen molar-refractivity contribution in [1.82, 2.24) is 10.6 Å². The van der Waals surface area contributed by atoms with E-state index in [1.807, 2.05) is 24.3 Å². The molecular formula is C44H60N4O5. The Bertz CT molecular complexity index is 1590. The molecule has 9 heteroatoms. The molecule has 2 fully saturated rings. The van der Waals surface area contributed by atoms with Crippen molar-refractivity contribution in [2.24, 2.45) is 11.8 Å². The average molecular weight is 725 g/mol. The normalized spacial score (nSPS) is 16.6. The molecule has 3 N–H and O–H groups in total. The highest BCUT2D eigenvalue weighted by molar-refractivity contribution is 6.06. The summed E-state index contributed by atoms with van der Waals surface area (Å²) in [4.78, 5) is 46.6. The fourth-order valence-corrected chi connectivity index (χ4v) is 7.98. The van der Waals surface area contributed by atoms with Crippen molar-refractivity contribution in [3.05, 3.63) is 89.0 Å². The molecule has 286 valence electrons. The zero-order chi connectivity index (χ0) is 37.9. The maximum Gasteiger partial charge on any atom is 0.339 e. The van der Waals surface area contributed by atoms with Crippen molar-refractivity contribution < 1.29 is 24.2 Å². The van der Waals surface area contributed by atoms with Gasteiger partial charge in [0.05, 0.1) is 18.7 Å². The van der Waals surface area contributed by atoms with Gasteiger partial charge in [-0.2, -0.15) is 0 Å². The SMILES string of the molecule is CCOc1cc(C(C(=O)N[C@@H](CC(C)C)c2ccccc2N2CCCCC2)C(=O)N[C@H](CC(C)C)c2ccccc2N2CCCCC2)ccc1C(=O)O. The zero-order valence-electron chi connectivity index (χ0n) is 32.4. The summed E-state index contributed by atoms with van der Waals surface area (Å²) in [7, 11) is 0. The van der Waals surface area contributed by atoms with E-state index in [4.69, 9.17) is 4.74 Å². The molecule has 3 aromatic carbocycles.